The lowest BCUT2D eigenvalue weighted by molar-refractivity contribution is 0.348. The van der Waals surface area contributed by atoms with Gasteiger partial charge < -0.3 is 10.1 Å². The van der Waals surface area contributed by atoms with Crippen LogP contribution in [0.4, 0.5) is 0 Å². The average Bonchev–Trinajstić information content (AvgIpc) is 3.01. The Morgan fingerprint density at radius 1 is 1.41 bits per heavy atom. The van der Waals surface area contributed by atoms with Gasteiger partial charge in [0, 0.05) is 11.6 Å². The van der Waals surface area contributed by atoms with E-state index < -0.39 is 0 Å². The Hall–Kier alpha value is -1.35. The van der Waals surface area contributed by atoms with Crippen molar-refractivity contribution in [3.05, 3.63) is 35.4 Å². The molecule has 1 fully saturated rings. The van der Waals surface area contributed by atoms with Gasteiger partial charge >= 0.3 is 0 Å². The SMILES string of the molecule is c1cc(CC2CCCN2)cc(C2=NCCO2)c1. The van der Waals surface area contributed by atoms with Crippen LogP contribution in [0, 0.1) is 0 Å². The molecule has 1 atom stereocenters. The second kappa shape index (κ2) is 4.88. The minimum absolute atomic E-state index is 0.650. The van der Waals surface area contributed by atoms with Crippen LogP contribution in [0.25, 0.3) is 0 Å². The van der Waals surface area contributed by atoms with Gasteiger partial charge in [0.15, 0.2) is 0 Å². The number of nitrogens with zero attached hydrogens (tertiary/aromatic N) is 1. The standard InChI is InChI=1S/C14H18N2O/c1-3-11(10-13-5-2-6-15-13)9-12(4-1)14-16-7-8-17-14/h1,3-4,9,13,15H,2,5-8,10H2. The zero-order chi connectivity index (χ0) is 11.5. The van der Waals surface area contributed by atoms with Crippen LogP contribution in [0.3, 0.4) is 0 Å². The fourth-order valence-electron chi connectivity index (χ4n) is 2.56. The average molecular weight is 230 g/mol. The molecule has 0 bridgehead atoms. The number of benzene rings is 1. The molecule has 2 aliphatic heterocycles. The van der Waals surface area contributed by atoms with Gasteiger partial charge in [0.2, 0.25) is 5.90 Å². The summed E-state index contributed by atoms with van der Waals surface area (Å²) in [7, 11) is 0. The molecule has 0 radical (unpaired) electrons. The van der Waals surface area contributed by atoms with E-state index in [0.29, 0.717) is 6.04 Å². The maximum absolute atomic E-state index is 5.50. The van der Waals surface area contributed by atoms with Gasteiger partial charge in [-0.25, -0.2) is 4.99 Å². The Morgan fingerprint density at radius 3 is 3.18 bits per heavy atom. The number of hydrogen-bond acceptors (Lipinski definition) is 3. The first-order valence-corrected chi connectivity index (χ1v) is 6.42. The molecule has 17 heavy (non-hydrogen) atoms. The maximum atomic E-state index is 5.50. The molecule has 0 aromatic heterocycles. The van der Waals surface area contributed by atoms with Crippen molar-refractivity contribution in [2.75, 3.05) is 19.7 Å². The summed E-state index contributed by atoms with van der Waals surface area (Å²) >= 11 is 0. The van der Waals surface area contributed by atoms with E-state index in [9.17, 15) is 0 Å². The van der Waals surface area contributed by atoms with Crippen LogP contribution in [-0.2, 0) is 11.2 Å². The second-order valence-electron chi connectivity index (χ2n) is 4.73. The highest BCUT2D eigenvalue weighted by molar-refractivity contribution is 5.95. The van der Waals surface area contributed by atoms with Crippen molar-refractivity contribution in [1.82, 2.24) is 5.32 Å². The van der Waals surface area contributed by atoms with Gasteiger partial charge in [-0.2, -0.15) is 0 Å². The highest BCUT2D eigenvalue weighted by Crippen LogP contribution is 2.15. The van der Waals surface area contributed by atoms with Gasteiger partial charge in [-0.3, -0.25) is 0 Å². The zero-order valence-electron chi connectivity index (χ0n) is 9.98. The van der Waals surface area contributed by atoms with Crippen LogP contribution in [0.15, 0.2) is 29.3 Å². The molecule has 1 aromatic rings. The summed E-state index contributed by atoms with van der Waals surface area (Å²) in [6.45, 7) is 2.69. The Labute approximate surface area is 102 Å². The Morgan fingerprint density at radius 2 is 2.41 bits per heavy atom. The van der Waals surface area contributed by atoms with Crippen LogP contribution >= 0.6 is 0 Å². The van der Waals surface area contributed by atoms with Crippen LogP contribution in [-0.4, -0.2) is 31.6 Å². The van der Waals surface area contributed by atoms with Gasteiger partial charge in [-0.05, 0) is 43.5 Å². The summed E-state index contributed by atoms with van der Waals surface area (Å²) in [6, 6.07) is 9.24. The number of ether oxygens (including phenoxy) is 1. The van der Waals surface area contributed by atoms with Gasteiger partial charge in [-0.15, -0.1) is 0 Å². The van der Waals surface area contributed by atoms with Crippen molar-refractivity contribution >= 4 is 5.90 Å². The molecule has 0 spiro atoms. The van der Waals surface area contributed by atoms with E-state index in [1.165, 1.54) is 24.9 Å². The smallest absolute Gasteiger partial charge is 0.216 e. The third-order valence-corrected chi connectivity index (χ3v) is 3.40. The summed E-state index contributed by atoms with van der Waals surface area (Å²) in [5.41, 5.74) is 2.50. The highest BCUT2D eigenvalue weighted by Gasteiger charge is 2.15. The van der Waals surface area contributed by atoms with Crippen LogP contribution in [0.1, 0.15) is 24.0 Å². The van der Waals surface area contributed by atoms with E-state index in [1.54, 1.807) is 0 Å². The Balaban J connectivity index is 1.74. The predicted molar refractivity (Wildman–Crippen MR) is 68.5 cm³/mol. The van der Waals surface area contributed by atoms with Gasteiger partial charge in [0.1, 0.15) is 6.61 Å². The lowest BCUT2D eigenvalue weighted by Gasteiger charge is -2.11. The van der Waals surface area contributed by atoms with Crippen LogP contribution in [0.2, 0.25) is 0 Å². The normalized spacial score (nSPS) is 23.5. The molecule has 1 N–H and O–H groups in total. The maximum Gasteiger partial charge on any atom is 0.216 e. The molecular formula is C14H18N2O. The molecule has 1 aromatic carbocycles. The van der Waals surface area contributed by atoms with E-state index in [2.05, 4.69) is 34.6 Å². The summed E-state index contributed by atoms with van der Waals surface area (Å²) in [4.78, 5) is 4.36. The van der Waals surface area contributed by atoms with E-state index in [4.69, 9.17) is 4.74 Å². The first-order chi connectivity index (χ1) is 8.42. The molecular weight excluding hydrogens is 212 g/mol. The fraction of sp³-hybridized carbons (Fsp3) is 0.500. The Bertz CT molecular complexity index is 422. The van der Waals surface area contributed by atoms with Crippen molar-refractivity contribution in [3.63, 3.8) is 0 Å². The molecule has 2 aliphatic rings. The highest BCUT2D eigenvalue weighted by atomic mass is 16.5. The van der Waals surface area contributed by atoms with Crippen LogP contribution < -0.4 is 5.32 Å². The van der Waals surface area contributed by atoms with E-state index in [1.807, 2.05) is 0 Å². The predicted octanol–water partition coefficient (Wildman–Crippen LogP) is 1.76. The molecule has 0 amide bonds. The summed E-state index contributed by atoms with van der Waals surface area (Å²) in [5, 5.41) is 3.53. The molecule has 3 nitrogen and oxygen atoms in total. The second-order valence-corrected chi connectivity index (χ2v) is 4.73. The number of hydrogen-bond donors (Lipinski definition) is 1. The minimum atomic E-state index is 0.650. The Kier molecular flexibility index (Phi) is 3.10. The lowest BCUT2D eigenvalue weighted by Crippen LogP contribution is -2.23. The van der Waals surface area contributed by atoms with Gasteiger partial charge in [0.25, 0.3) is 0 Å². The van der Waals surface area contributed by atoms with Crippen molar-refractivity contribution in [2.45, 2.75) is 25.3 Å². The third-order valence-electron chi connectivity index (χ3n) is 3.40. The van der Waals surface area contributed by atoms with Gasteiger partial charge in [0.05, 0.1) is 6.54 Å². The minimum Gasteiger partial charge on any atom is -0.476 e. The zero-order valence-corrected chi connectivity index (χ0v) is 9.98. The molecule has 90 valence electrons. The molecule has 3 heteroatoms. The van der Waals surface area contributed by atoms with E-state index >= 15 is 0 Å². The first kappa shape index (κ1) is 10.8. The van der Waals surface area contributed by atoms with Crippen molar-refractivity contribution in [2.24, 2.45) is 4.99 Å². The topological polar surface area (TPSA) is 33.6 Å². The summed E-state index contributed by atoms with van der Waals surface area (Å²) in [6.07, 6.45) is 3.71. The van der Waals surface area contributed by atoms with Gasteiger partial charge in [-0.1, -0.05) is 12.1 Å². The molecule has 1 saturated heterocycles. The van der Waals surface area contributed by atoms with E-state index in [0.717, 1.165) is 31.0 Å². The third kappa shape index (κ3) is 2.50. The fourth-order valence-corrected chi connectivity index (χ4v) is 2.56. The van der Waals surface area contributed by atoms with Crippen molar-refractivity contribution in [3.8, 4) is 0 Å². The largest absolute Gasteiger partial charge is 0.476 e. The number of aliphatic imine (C=N–C) groups is 1. The summed E-state index contributed by atoms with van der Waals surface area (Å²) < 4.78 is 5.50. The van der Waals surface area contributed by atoms with Crippen molar-refractivity contribution in [1.29, 1.82) is 0 Å². The first-order valence-electron chi connectivity index (χ1n) is 6.42. The number of nitrogens with one attached hydrogen (secondary N) is 1. The molecule has 0 saturated carbocycles. The van der Waals surface area contributed by atoms with Crippen LogP contribution in [0.5, 0.6) is 0 Å². The molecule has 1 unspecified atom stereocenters. The van der Waals surface area contributed by atoms with Crippen molar-refractivity contribution < 1.29 is 4.74 Å². The van der Waals surface area contributed by atoms with E-state index in [-0.39, 0.29) is 0 Å². The summed E-state index contributed by atoms with van der Waals surface area (Å²) in [5.74, 6) is 0.811. The molecule has 3 rings (SSSR count). The number of rotatable bonds is 3. The molecule has 0 aliphatic carbocycles. The monoisotopic (exact) mass is 230 g/mol. The quantitative estimate of drug-likeness (QED) is 0.858. The molecule has 2 heterocycles. The lowest BCUT2D eigenvalue weighted by atomic mass is 10.0.